The molecule has 0 atom stereocenters. The van der Waals surface area contributed by atoms with Crippen LogP contribution in [0.25, 0.3) is 22.6 Å². The van der Waals surface area contributed by atoms with Gasteiger partial charge in [-0.3, -0.25) is 0 Å². The van der Waals surface area contributed by atoms with Crippen molar-refractivity contribution in [1.29, 1.82) is 0 Å². The van der Waals surface area contributed by atoms with Gasteiger partial charge >= 0.3 is 11.6 Å². The van der Waals surface area contributed by atoms with Gasteiger partial charge in [0, 0.05) is 32.8 Å². The number of hydrogen-bond acceptors (Lipinski definition) is 7. The minimum atomic E-state index is -0.572. The third kappa shape index (κ3) is 3.90. The topological polar surface area (TPSA) is 76.7 Å². The number of phenolic OH excluding ortho intramolecular Hbond substituents is 1. The number of esters is 1. The van der Waals surface area contributed by atoms with E-state index in [0.717, 1.165) is 9.75 Å². The lowest BCUT2D eigenvalue weighted by Crippen LogP contribution is -2.09. The summed E-state index contributed by atoms with van der Waals surface area (Å²) in [5.41, 5.74) is 0.645. The van der Waals surface area contributed by atoms with Crippen LogP contribution in [0.3, 0.4) is 0 Å². The van der Waals surface area contributed by atoms with Crippen LogP contribution in [0.1, 0.15) is 15.3 Å². The quantitative estimate of drug-likeness (QED) is 0.287. The Labute approximate surface area is 167 Å². The molecule has 0 aliphatic carbocycles. The van der Waals surface area contributed by atoms with E-state index in [2.05, 4.69) is 0 Å². The summed E-state index contributed by atoms with van der Waals surface area (Å²) in [6.07, 6.45) is 1.80. The molecule has 0 fully saturated rings. The first-order valence-corrected chi connectivity index (χ1v) is 10.1. The molecule has 0 saturated heterocycles. The van der Waals surface area contributed by atoms with Crippen LogP contribution in [0.2, 0.25) is 0 Å². The third-order valence-electron chi connectivity index (χ3n) is 4.01. The number of phenols is 1. The Morgan fingerprint density at radius 1 is 1.11 bits per heavy atom. The van der Waals surface area contributed by atoms with E-state index < -0.39 is 11.6 Å². The molecule has 0 aliphatic heterocycles. The van der Waals surface area contributed by atoms with Crippen LogP contribution in [0.4, 0.5) is 0 Å². The molecule has 0 bridgehead atoms. The Hall–Kier alpha value is -3.16. The number of rotatable bonds is 5. The van der Waals surface area contributed by atoms with Crippen molar-refractivity contribution in [2.24, 2.45) is 0 Å². The molecule has 1 aromatic carbocycles. The molecule has 28 heavy (non-hydrogen) atoms. The maximum absolute atomic E-state index is 12.8. The van der Waals surface area contributed by atoms with Crippen LogP contribution in [-0.4, -0.2) is 11.1 Å². The van der Waals surface area contributed by atoms with E-state index in [-0.39, 0.29) is 17.9 Å². The fourth-order valence-corrected chi connectivity index (χ4v) is 4.12. The summed E-state index contributed by atoms with van der Waals surface area (Å²) in [6, 6.07) is 13.3. The van der Waals surface area contributed by atoms with Crippen LogP contribution in [0, 0.1) is 0 Å². The van der Waals surface area contributed by atoms with Gasteiger partial charge in [-0.15, -0.1) is 22.7 Å². The zero-order valence-electron chi connectivity index (χ0n) is 14.5. The molecule has 0 radical (unpaired) electrons. The molecule has 140 valence electrons. The van der Waals surface area contributed by atoms with Gasteiger partial charge in [0.2, 0.25) is 0 Å². The van der Waals surface area contributed by atoms with Gasteiger partial charge in [0.25, 0.3) is 0 Å². The summed E-state index contributed by atoms with van der Waals surface area (Å²) >= 11 is 2.98. The van der Waals surface area contributed by atoms with E-state index in [1.54, 1.807) is 12.1 Å². The van der Waals surface area contributed by atoms with Crippen molar-refractivity contribution in [3.8, 4) is 5.75 Å². The van der Waals surface area contributed by atoms with Crippen molar-refractivity contribution in [2.45, 2.75) is 6.61 Å². The summed E-state index contributed by atoms with van der Waals surface area (Å²) < 4.78 is 10.6. The van der Waals surface area contributed by atoms with Gasteiger partial charge in [0.15, 0.2) is 0 Å². The maximum atomic E-state index is 12.8. The second-order valence-corrected chi connectivity index (χ2v) is 7.82. The summed E-state index contributed by atoms with van der Waals surface area (Å²) in [4.78, 5) is 26.3. The third-order valence-corrected chi connectivity index (χ3v) is 5.73. The summed E-state index contributed by atoms with van der Waals surface area (Å²) in [6.45, 7) is -0.0845. The van der Waals surface area contributed by atoms with E-state index in [9.17, 15) is 14.7 Å². The molecule has 7 heteroatoms. The summed E-state index contributed by atoms with van der Waals surface area (Å²) in [5, 5.41) is 14.0. The van der Waals surface area contributed by atoms with Crippen molar-refractivity contribution in [3.05, 3.63) is 85.0 Å². The van der Waals surface area contributed by atoms with E-state index in [0.29, 0.717) is 16.5 Å². The monoisotopic (exact) mass is 410 g/mol. The van der Waals surface area contributed by atoms with Gasteiger partial charge in [-0.2, -0.15) is 0 Å². The molecular weight excluding hydrogens is 396 g/mol. The highest BCUT2D eigenvalue weighted by Gasteiger charge is 2.17. The Morgan fingerprint density at radius 3 is 2.68 bits per heavy atom. The Kier molecular flexibility index (Phi) is 5.10. The van der Waals surface area contributed by atoms with Gasteiger partial charge in [0.1, 0.15) is 17.9 Å². The predicted octanol–water partition coefficient (Wildman–Crippen LogP) is 4.91. The molecule has 4 rings (SSSR count). The molecule has 3 aromatic heterocycles. The number of ether oxygens (including phenoxy) is 1. The summed E-state index contributed by atoms with van der Waals surface area (Å²) in [7, 11) is 0. The number of hydrogen-bond donors (Lipinski definition) is 1. The number of carbonyl (C=O) groups is 1. The van der Waals surface area contributed by atoms with E-state index in [4.69, 9.17) is 9.15 Å². The highest BCUT2D eigenvalue weighted by molar-refractivity contribution is 7.12. The van der Waals surface area contributed by atoms with Crippen LogP contribution in [0.15, 0.2) is 68.5 Å². The lowest BCUT2D eigenvalue weighted by atomic mass is 10.1. The molecule has 3 heterocycles. The van der Waals surface area contributed by atoms with Crippen LogP contribution >= 0.6 is 22.7 Å². The molecule has 4 aromatic rings. The Bertz CT molecular complexity index is 1200. The largest absolute Gasteiger partial charge is 0.508 e. The van der Waals surface area contributed by atoms with Crippen LogP contribution in [0.5, 0.6) is 5.75 Å². The van der Waals surface area contributed by atoms with Crippen molar-refractivity contribution < 1.29 is 19.1 Å². The molecule has 5 nitrogen and oxygen atoms in total. The van der Waals surface area contributed by atoms with Crippen LogP contribution < -0.4 is 5.63 Å². The first kappa shape index (κ1) is 18.2. The smallest absolute Gasteiger partial charge is 0.339 e. The first-order valence-electron chi connectivity index (χ1n) is 8.32. The van der Waals surface area contributed by atoms with Crippen LogP contribution in [-0.2, 0) is 16.1 Å². The van der Waals surface area contributed by atoms with E-state index >= 15 is 0 Å². The number of carbonyl (C=O) groups excluding carboxylic acids is 1. The van der Waals surface area contributed by atoms with Crippen molar-refractivity contribution >= 4 is 51.3 Å². The van der Waals surface area contributed by atoms with Gasteiger partial charge in [-0.1, -0.05) is 12.1 Å². The molecule has 0 saturated carbocycles. The lowest BCUT2D eigenvalue weighted by Gasteiger charge is -2.09. The second-order valence-electron chi connectivity index (χ2n) is 5.90. The average molecular weight is 410 g/mol. The molecule has 0 amide bonds. The Balaban J connectivity index is 1.63. The summed E-state index contributed by atoms with van der Waals surface area (Å²) in [5.74, 6) is -0.486. The predicted molar refractivity (Wildman–Crippen MR) is 110 cm³/mol. The average Bonchev–Trinajstić information content (AvgIpc) is 3.37. The normalized spacial score (nSPS) is 11.6. The van der Waals surface area contributed by atoms with Crippen molar-refractivity contribution in [1.82, 2.24) is 0 Å². The Morgan fingerprint density at radius 2 is 1.93 bits per heavy atom. The minimum absolute atomic E-state index is 0.0105. The fraction of sp³-hybridized carbons (Fsp3) is 0.0476. The lowest BCUT2D eigenvalue weighted by molar-refractivity contribution is -0.137. The number of aromatic hydroxyl groups is 1. The highest BCUT2D eigenvalue weighted by atomic mass is 32.1. The van der Waals surface area contributed by atoms with Gasteiger partial charge in [-0.25, -0.2) is 9.59 Å². The number of benzene rings is 1. The molecule has 0 spiro atoms. The van der Waals surface area contributed by atoms with E-state index in [1.165, 1.54) is 40.9 Å². The molecule has 1 N–H and O–H groups in total. The zero-order valence-corrected chi connectivity index (χ0v) is 16.1. The fourth-order valence-electron chi connectivity index (χ4n) is 2.74. The highest BCUT2D eigenvalue weighted by Crippen LogP contribution is 2.27. The molecule has 0 unspecified atom stereocenters. The van der Waals surface area contributed by atoms with Gasteiger partial charge in [-0.05, 0) is 41.1 Å². The molecular formula is C21H14O5S2. The standard InChI is InChI=1S/C21H14O5S2/c22-14-5-6-16-13(9-20(23)26-18(16)10-14)12-25-21(24)17(19-4-2-8-28-19)11-15-3-1-7-27-15/h1-11,22H,12H2/b17-11+. The number of fused-ring (bicyclic) bond motifs is 1. The maximum Gasteiger partial charge on any atom is 0.339 e. The SMILES string of the molecule is O=C(OCc1cc(=O)oc2cc(O)ccc12)/C(=C/c1cccs1)c1cccs1. The van der Waals surface area contributed by atoms with Gasteiger partial charge < -0.3 is 14.3 Å². The first-order chi connectivity index (χ1) is 13.6. The van der Waals surface area contributed by atoms with Gasteiger partial charge in [0.05, 0.1) is 5.57 Å². The van der Waals surface area contributed by atoms with Crippen molar-refractivity contribution in [3.63, 3.8) is 0 Å². The number of thiophene rings is 2. The van der Waals surface area contributed by atoms with E-state index in [1.807, 2.05) is 35.0 Å². The minimum Gasteiger partial charge on any atom is -0.508 e. The molecule has 0 aliphatic rings. The van der Waals surface area contributed by atoms with Crippen molar-refractivity contribution in [2.75, 3.05) is 0 Å². The zero-order chi connectivity index (χ0) is 19.5. The second kappa shape index (κ2) is 7.84.